The summed E-state index contributed by atoms with van der Waals surface area (Å²) >= 11 is 0. The largest absolute Gasteiger partial charge is 0.414 e. The second-order valence-electron chi connectivity index (χ2n) is 8.92. The highest BCUT2D eigenvalue weighted by Gasteiger charge is 2.67. The number of hydrogen-bond acceptors (Lipinski definition) is 6. The van der Waals surface area contributed by atoms with Gasteiger partial charge in [-0.3, -0.25) is 4.39 Å². The minimum atomic E-state index is -2.14. The molecule has 2 aliphatic rings. The summed E-state index contributed by atoms with van der Waals surface area (Å²) in [5.41, 5.74) is 7.38. The molecule has 2 fully saturated rings. The van der Waals surface area contributed by atoms with Crippen molar-refractivity contribution in [1.29, 1.82) is 0 Å². The molecule has 0 radical (unpaired) electrons. The van der Waals surface area contributed by atoms with Crippen molar-refractivity contribution in [2.75, 3.05) is 13.3 Å². The second kappa shape index (κ2) is 7.01. The van der Waals surface area contributed by atoms with Crippen LogP contribution in [0.25, 0.3) is 10.4 Å². The van der Waals surface area contributed by atoms with E-state index in [4.69, 9.17) is 24.2 Å². The molecule has 10 heteroatoms. The third-order valence-electron chi connectivity index (χ3n) is 5.53. The minimum Gasteiger partial charge on any atom is -0.414 e. The topological polar surface area (TPSA) is 106 Å². The number of aliphatic hydroxyl groups excluding tert-OH is 1. The lowest BCUT2D eigenvalue weighted by atomic mass is 9.93. The average molecular weight is 392 g/mol. The Kier molecular flexibility index (Phi) is 5.81. The summed E-state index contributed by atoms with van der Waals surface area (Å²) in [6.45, 7) is 13.0. The molecule has 0 spiro atoms. The number of halogens is 1. The van der Waals surface area contributed by atoms with Crippen molar-refractivity contribution in [2.45, 2.75) is 88.7 Å². The first kappa shape index (κ1) is 21.6. The zero-order chi connectivity index (χ0) is 20.0. The normalized spacial score (nSPS) is 35.0. The van der Waals surface area contributed by atoms with Crippen LogP contribution in [0.1, 0.15) is 34.6 Å². The van der Waals surface area contributed by atoms with E-state index in [-0.39, 0.29) is 11.6 Å². The van der Waals surface area contributed by atoms with Crippen molar-refractivity contribution >= 4 is 8.32 Å². The quantitative estimate of drug-likeness (QED) is 0.324. The van der Waals surface area contributed by atoms with Gasteiger partial charge in [-0.05, 0) is 37.5 Å². The van der Waals surface area contributed by atoms with Gasteiger partial charge in [0.25, 0.3) is 0 Å². The fourth-order valence-electron chi connectivity index (χ4n) is 3.05. The number of fused-ring (bicyclic) bond motifs is 1. The van der Waals surface area contributed by atoms with Gasteiger partial charge in [0, 0.05) is 4.91 Å². The summed E-state index contributed by atoms with van der Waals surface area (Å²) < 4.78 is 37.1. The number of nitrogens with zero attached hydrogens (tertiary/aromatic N) is 3. The van der Waals surface area contributed by atoms with Crippen molar-refractivity contribution in [3.63, 3.8) is 0 Å². The average Bonchev–Trinajstić information content (AvgIpc) is 2.92. The maximum absolute atomic E-state index is 13.4. The Morgan fingerprint density at radius 1 is 1.38 bits per heavy atom. The third-order valence-corrected chi connectivity index (χ3v) is 10.0. The SMILES string of the molecule is CC1(C)O[C@H]2[C@@H]([C@H](CF)N=[N+]=[N-])OC(O)[C@@]2(CO[Si](C)(C)C(C)(C)C)O1. The Balaban J connectivity index is 2.32. The van der Waals surface area contributed by atoms with E-state index in [1.54, 1.807) is 13.8 Å². The summed E-state index contributed by atoms with van der Waals surface area (Å²) in [5.74, 6) is -1.01. The maximum atomic E-state index is 13.4. The van der Waals surface area contributed by atoms with Gasteiger partial charge in [-0.15, -0.1) is 0 Å². The first-order valence-corrected chi connectivity index (χ1v) is 11.7. The Morgan fingerprint density at radius 2 is 2.00 bits per heavy atom. The number of aliphatic hydroxyl groups is 1. The van der Waals surface area contributed by atoms with Gasteiger partial charge >= 0.3 is 0 Å². The highest BCUT2D eigenvalue weighted by molar-refractivity contribution is 6.74. The Bertz CT molecular complexity index is 579. The van der Waals surface area contributed by atoms with Crippen molar-refractivity contribution < 1.29 is 28.1 Å². The predicted molar refractivity (Wildman–Crippen MR) is 95.7 cm³/mol. The molecule has 2 rings (SSSR count). The lowest BCUT2D eigenvalue weighted by Crippen LogP contribution is -2.55. The minimum absolute atomic E-state index is 0.0372. The zero-order valence-corrected chi connectivity index (χ0v) is 17.5. The second-order valence-corrected chi connectivity index (χ2v) is 13.7. The molecule has 150 valence electrons. The summed E-state index contributed by atoms with van der Waals surface area (Å²) in [7, 11) is -2.14. The molecule has 0 saturated carbocycles. The summed E-state index contributed by atoms with van der Waals surface area (Å²) in [4.78, 5) is 2.67. The molecule has 0 aromatic rings. The van der Waals surface area contributed by atoms with Crippen LogP contribution in [0, 0.1) is 0 Å². The monoisotopic (exact) mass is 391 g/mol. The lowest BCUT2D eigenvalue weighted by molar-refractivity contribution is -0.253. The van der Waals surface area contributed by atoms with Gasteiger partial charge in [0.05, 0.1) is 12.6 Å². The van der Waals surface area contributed by atoms with Crippen LogP contribution in [0.5, 0.6) is 0 Å². The molecule has 5 atom stereocenters. The number of ether oxygens (including phenoxy) is 3. The first-order valence-electron chi connectivity index (χ1n) is 8.75. The van der Waals surface area contributed by atoms with E-state index in [0.717, 1.165) is 0 Å². The van der Waals surface area contributed by atoms with Crippen molar-refractivity contribution in [1.82, 2.24) is 0 Å². The van der Waals surface area contributed by atoms with Gasteiger partial charge < -0.3 is 23.7 Å². The molecule has 0 aliphatic carbocycles. The van der Waals surface area contributed by atoms with Crippen molar-refractivity contribution in [3.8, 4) is 0 Å². The van der Waals surface area contributed by atoms with Crippen LogP contribution in [-0.4, -0.2) is 62.6 Å². The molecule has 2 saturated heterocycles. The number of azide groups is 1. The predicted octanol–water partition coefficient (Wildman–Crippen LogP) is 3.26. The van der Waals surface area contributed by atoms with Crippen LogP contribution >= 0.6 is 0 Å². The molecule has 0 aromatic carbocycles. The molecule has 26 heavy (non-hydrogen) atoms. The fraction of sp³-hybridized carbons (Fsp3) is 1.00. The third kappa shape index (κ3) is 3.77. The molecule has 1 N–H and O–H groups in total. The summed E-state index contributed by atoms with van der Waals surface area (Å²) in [6, 6.07) is -1.12. The van der Waals surface area contributed by atoms with Gasteiger partial charge in [-0.25, -0.2) is 0 Å². The molecule has 8 nitrogen and oxygen atoms in total. The van der Waals surface area contributed by atoms with Gasteiger partial charge in [0.2, 0.25) is 0 Å². The molecule has 0 bridgehead atoms. The number of rotatable bonds is 6. The van der Waals surface area contributed by atoms with Crippen LogP contribution in [-0.2, 0) is 18.6 Å². The van der Waals surface area contributed by atoms with Crippen molar-refractivity contribution in [2.24, 2.45) is 5.11 Å². The van der Waals surface area contributed by atoms with Crippen molar-refractivity contribution in [3.05, 3.63) is 10.4 Å². The molecule has 2 aliphatic heterocycles. The zero-order valence-electron chi connectivity index (χ0n) is 16.5. The van der Waals surface area contributed by atoms with Gasteiger partial charge in [-0.1, -0.05) is 25.9 Å². The molecule has 2 heterocycles. The van der Waals surface area contributed by atoms with E-state index in [0.29, 0.717) is 0 Å². The highest BCUT2D eigenvalue weighted by Crippen LogP contribution is 2.48. The maximum Gasteiger partial charge on any atom is 0.192 e. The Morgan fingerprint density at radius 3 is 2.50 bits per heavy atom. The van der Waals surface area contributed by atoms with E-state index in [1.807, 2.05) is 0 Å². The standard InChI is InChI=1S/C16H30FN3O5Si/c1-14(2,3)26(6,7)22-9-16-12(24-15(4,5)25-16)11(23-13(16)21)10(8-17)19-20-18/h10-13,21H,8-9H2,1-7H3/t10-,11+,12-,13?,16-/m0/s1. The molecule has 0 amide bonds. The van der Waals surface area contributed by atoms with Gasteiger partial charge in [0.1, 0.15) is 18.9 Å². The van der Waals surface area contributed by atoms with Crippen LogP contribution < -0.4 is 0 Å². The Hall–Kier alpha value is -0.743. The summed E-state index contributed by atoms with van der Waals surface area (Å²) in [5, 5.41) is 14.0. The van der Waals surface area contributed by atoms with Crippen LogP contribution in [0.3, 0.4) is 0 Å². The molecule has 1 unspecified atom stereocenters. The van der Waals surface area contributed by atoms with E-state index < -0.39 is 50.9 Å². The van der Waals surface area contributed by atoms with Gasteiger partial charge in [-0.2, -0.15) is 0 Å². The van der Waals surface area contributed by atoms with Crippen LogP contribution in [0.2, 0.25) is 18.1 Å². The Labute approximate surface area is 154 Å². The van der Waals surface area contributed by atoms with E-state index in [9.17, 15) is 9.50 Å². The number of hydrogen-bond donors (Lipinski definition) is 1. The number of alkyl halides is 1. The fourth-order valence-corrected chi connectivity index (χ4v) is 4.07. The molecule has 0 aromatic heterocycles. The molecular weight excluding hydrogens is 361 g/mol. The molecular formula is C16H30FN3O5Si. The lowest BCUT2D eigenvalue weighted by Gasteiger charge is -2.39. The van der Waals surface area contributed by atoms with Crippen LogP contribution in [0.15, 0.2) is 5.11 Å². The van der Waals surface area contributed by atoms with E-state index in [1.165, 1.54) is 0 Å². The highest BCUT2D eigenvalue weighted by atomic mass is 28.4. The first-order chi connectivity index (χ1) is 11.8. The van der Waals surface area contributed by atoms with E-state index >= 15 is 0 Å². The summed E-state index contributed by atoms with van der Waals surface area (Å²) in [6.07, 6.45) is -3.16. The van der Waals surface area contributed by atoms with Crippen LogP contribution in [0.4, 0.5) is 4.39 Å². The van der Waals surface area contributed by atoms with Gasteiger partial charge in [0.15, 0.2) is 26.0 Å². The smallest absolute Gasteiger partial charge is 0.192 e. The van der Waals surface area contributed by atoms with E-state index in [2.05, 4.69) is 43.9 Å².